The van der Waals surface area contributed by atoms with Crippen LogP contribution in [0.3, 0.4) is 0 Å². The van der Waals surface area contributed by atoms with Crippen LogP contribution in [0, 0.1) is 12.8 Å². The molecular weight excluding hydrogens is 595 g/mol. The minimum Gasteiger partial charge on any atom is -0.399 e. The summed E-state index contributed by atoms with van der Waals surface area (Å²) < 4.78 is 14.2. The van der Waals surface area contributed by atoms with E-state index in [0.29, 0.717) is 42.2 Å². The number of carbonyl (C=O) groups excluding carboxylic acids is 1. The van der Waals surface area contributed by atoms with E-state index in [9.17, 15) is 9.18 Å². The van der Waals surface area contributed by atoms with E-state index in [1.807, 2.05) is 123 Å². The van der Waals surface area contributed by atoms with Crippen molar-refractivity contribution in [3.63, 3.8) is 0 Å². The number of likely N-dealkylation sites (N-methyl/N-ethyl adjacent to an activating group) is 1. The van der Waals surface area contributed by atoms with Crippen LogP contribution in [0.2, 0.25) is 0 Å². The SMILES string of the molecule is C=C/C=C\C(C(=O)NCc1ccc(C)cc1)=C(\NCc1ccc(C(/C=C(\C(=C)N)C(=C)NC)=C/C)cc1)C(CC)CF.CC.CC.CC. The minimum absolute atomic E-state index is 0.275. The molecule has 0 saturated carbocycles. The molecule has 0 spiro atoms. The number of hydrogen-bond acceptors (Lipinski definition) is 4. The molecule has 0 fully saturated rings. The lowest BCUT2D eigenvalue weighted by molar-refractivity contribution is -0.117. The third kappa shape index (κ3) is 15.8. The second-order valence-corrected chi connectivity index (χ2v) is 9.96. The normalized spacial score (nSPS) is 12.0. The summed E-state index contributed by atoms with van der Waals surface area (Å²) in [6, 6.07) is 16.0. The Morgan fingerprint density at radius 3 is 1.88 bits per heavy atom. The Bertz CT molecular complexity index is 1360. The molecule has 0 radical (unpaired) electrons. The summed E-state index contributed by atoms with van der Waals surface area (Å²) in [7, 11) is 1.79. The highest BCUT2D eigenvalue weighted by molar-refractivity contribution is 5.97. The van der Waals surface area contributed by atoms with Gasteiger partial charge in [0.15, 0.2) is 0 Å². The Hall–Kier alpha value is -4.58. The van der Waals surface area contributed by atoms with Gasteiger partial charge in [-0.2, -0.15) is 0 Å². The second-order valence-electron chi connectivity index (χ2n) is 9.96. The van der Waals surface area contributed by atoms with Crippen LogP contribution < -0.4 is 21.7 Å². The van der Waals surface area contributed by atoms with Crippen molar-refractivity contribution in [1.29, 1.82) is 0 Å². The van der Waals surface area contributed by atoms with Crippen molar-refractivity contribution in [1.82, 2.24) is 16.0 Å². The van der Waals surface area contributed by atoms with Crippen molar-refractivity contribution in [3.05, 3.63) is 149 Å². The number of amides is 1. The molecule has 2 aromatic rings. The number of nitrogens with one attached hydrogen (secondary N) is 3. The number of nitrogens with two attached hydrogens (primary N) is 1. The van der Waals surface area contributed by atoms with Crippen LogP contribution in [0.1, 0.15) is 84.1 Å². The minimum atomic E-state index is -0.585. The van der Waals surface area contributed by atoms with Crippen LogP contribution in [0.5, 0.6) is 0 Å². The Kier molecular flexibility index (Phi) is 26.1. The van der Waals surface area contributed by atoms with Crippen LogP contribution >= 0.6 is 0 Å². The molecule has 0 aliphatic heterocycles. The molecule has 264 valence electrons. The molecule has 0 aromatic heterocycles. The maximum absolute atomic E-state index is 14.2. The van der Waals surface area contributed by atoms with Gasteiger partial charge in [0.1, 0.15) is 0 Å². The molecule has 1 unspecified atom stereocenters. The standard InChI is InChI=1S/C36H45FN4O.3C2H6/c1-8-11-12-33(36(42)41-24-28-15-13-25(4)14-16-28)35(31(10-3)22-37)40-23-29-17-19-32(20-18-29)30(9-2)21-34(26(5)38)27(6)39-7;3*1-2/h8-9,11-21,31,39-40H,1,5-6,10,22-24,38H2,2-4,7H3,(H,41,42);3*1-2H3/b12-11-,30-9+,34-21+,35-33-;;;. The zero-order valence-electron chi connectivity index (χ0n) is 31.4. The molecule has 2 aromatic carbocycles. The summed E-state index contributed by atoms with van der Waals surface area (Å²) in [5.41, 5.74) is 13.9. The summed E-state index contributed by atoms with van der Waals surface area (Å²) in [4.78, 5) is 13.4. The maximum atomic E-state index is 14.2. The van der Waals surface area contributed by atoms with E-state index < -0.39 is 12.6 Å². The average molecular weight is 659 g/mol. The van der Waals surface area contributed by atoms with Gasteiger partial charge in [0, 0.05) is 48.7 Å². The number of halogens is 1. The van der Waals surface area contributed by atoms with Crippen LogP contribution in [-0.4, -0.2) is 19.6 Å². The van der Waals surface area contributed by atoms with Crippen LogP contribution in [0.4, 0.5) is 4.39 Å². The van der Waals surface area contributed by atoms with Crippen molar-refractivity contribution in [3.8, 4) is 0 Å². The molecular formula is C42H63FN4O. The van der Waals surface area contributed by atoms with E-state index in [4.69, 9.17) is 5.73 Å². The van der Waals surface area contributed by atoms with E-state index in [0.717, 1.165) is 33.4 Å². The molecule has 48 heavy (non-hydrogen) atoms. The molecule has 0 heterocycles. The summed E-state index contributed by atoms with van der Waals surface area (Å²) in [5, 5.41) is 9.39. The number of benzene rings is 2. The number of alkyl halides is 1. The highest BCUT2D eigenvalue weighted by Crippen LogP contribution is 2.23. The van der Waals surface area contributed by atoms with E-state index in [1.54, 1.807) is 25.3 Å². The van der Waals surface area contributed by atoms with Crippen molar-refractivity contribution >= 4 is 11.5 Å². The van der Waals surface area contributed by atoms with E-state index in [2.05, 4.69) is 35.7 Å². The fourth-order valence-corrected chi connectivity index (χ4v) is 4.29. The molecule has 1 atom stereocenters. The van der Waals surface area contributed by atoms with Crippen LogP contribution in [0.15, 0.2) is 127 Å². The van der Waals surface area contributed by atoms with Gasteiger partial charge in [-0.25, -0.2) is 0 Å². The first-order valence-electron chi connectivity index (χ1n) is 17.1. The molecule has 0 aliphatic rings. The molecule has 0 bridgehead atoms. The van der Waals surface area contributed by atoms with Gasteiger partial charge in [-0.05, 0) is 54.7 Å². The molecule has 2 rings (SSSR count). The molecule has 0 aliphatic carbocycles. The average Bonchev–Trinajstić information content (AvgIpc) is 3.13. The van der Waals surface area contributed by atoms with Gasteiger partial charge in [-0.1, -0.05) is 141 Å². The Morgan fingerprint density at radius 2 is 1.44 bits per heavy atom. The zero-order valence-corrected chi connectivity index (χ0v) is 31.4. The molecule has 1 amide bonds. The fourth-order valence-electron chi connectivity index (χ4n) is 4.29. The highest BCUT2D eigenvalue weighted by Gasteiger charge is 2.20. The maximum Gasteiger partial charge on any atom is 0.253 e. The van der Waals surface area contributed by atoms with Gasteiger partial charge in [0.25, 0.3) is 5.91 Å². The van der Waals surface area contributed by atoms with E-state index in [-0.39, 0.29) is 5.91 Å². The van der Waals surface area contributed by atoms with Crippen molar-refractivity contribution < 1.29 is 9.18 Å². The molecule has 5 nitrogen and oxygen atoms in total. The Balaban J connectivity index is 0. The fraction of sp³-hybridized carbons (Fsp3) is 0.357. The summed E-state index contributed by atoms with van der Waals surface area (Å²) in [6.45, 7) is 29.7. The van der Waals surface area contributed by atoms with E-state index in [1.165, 1.54) is 0 Å². The van der Waals surface area contributed by atoms with Crippen molar-refractivity contribution in [2.24, 2.45) is 11.7 Å². The third-order valence-corrected chi connectivity index (χ3v) is 6.95. The van der Waals surface area contributed by atoms with Crippen LogP contribution in [0.25, 0.3) is 5.57 Å². The molecule has 5 N–H and O–H groups in total. The quantitative estimate of drug-likeness (QED) is 0.107. The Labute approximate surface area is 292 Å². The monoisotopic (exact) mass is 658 g/mol. The molecule has 6 heteroatoms. The van der Waals surface area contributed by atoms with Gasteiger partial charge >= 0.3 is 0 Å². The number of aryl methyl sites for hydroxylation is 1. The molecule has 0 saturated heterocycles. The van der Waals surface area contributed by atoms with Gasteiger partial charge < -0.3 is 21.7 Å². The lowest BCUT2D eigenvalue weighted by atomic mass is 9.97. The number of carbonyl (C=O) groups is 1. The summed E-state index contributed by atoms with van der Waals surface area (Å²) in [6.07, 6.45) is 9.48. The predicted octanol–water partition coefficient (Wildman–Crippen LogP) is 10.0. The smallest absolute Gasteiger partial charge is 0.253 e. The highest BCUT2D eigenvalue weighted by atomic mass is 19.1. The summed E-state index contributed by atoms with van der Waals surface area (Å²) in [5.74, 6) is -0.731. The third-order valence-electron chi connectivity index (χ3n) is 6.95. The first kappa shape index (κ1) is 45.5. The largest absolute Gasteiger partial charge is 0.399 e. The van der Waals surface area contributed by atoms with Gasteiger partial charge in [-0.15, -0.1) is 0 Å². The first-order chi connectivity index (χ1) is 23.2. The second kappa shape index (κ2) is 27.5. The van der Waals surface area contributed by atoms with Gasteiger partial charge in [-0.3, -0.25) is 9.18 Å². The lowest BCUT2D eigenvalue weighted by Gasteiger charge is -2.22. The number of rotatable bonds is 16. The number of hydrogen-bond donors (Lipinski definition) is 4. The van der Waals surface area contributed by atoms with Crippen LogP contribution in [-0.2, 0) is 17.9 Å². The van der Waals surface area contributed by atoms with Crippen molar-refractivity contribution in [2.45, 2.75) is 81.8 Å². The summed E-state index contributed by atoms with van der Waals surface area (Å²) >= 11 is 0. The lowest BCUT2D eigenvalue weighted by Crippen LogP contribution is -2.30. The first-order valence-corrected chi connectivity index (χ1v) is 17.1. The Morgan fingerprint density at radius 1 is 0.917 bits per heavy atom. The van der Waals surface area contributed by atoms with Gasteiger partial charge in [0.05, 0.1) is 12.2 Å². The van der Waals surface area contributed by atoms with Crippen molar-refractivity contribution in [2.75, 3.05) is 13.7 Å². The number of allylic oxidation sites excluding steroid dienone is 6. The topological polar surface area (TPSA) is 79.2 Å². The zero-order chi connectivity index (χ0) is 37.1. The van der Waals surface area contributed by atoms with E-state index >= 15 is 0 Å². The predicted molar refractivity (Wildman–Crippen MR) is 210 cm³/mol. The van der Waals surface area contributed by atoms with Gasteiger partial charge in [0.2, 0.25) is 0 Å².